The molecule has 2 bridgehead atoms. The van der Waals surface area contributed by atoms with Crippen molar-refractivity contribution in [2.45, 2.75) is 114 Å². The van der Waals surface area contributed by atoms with Crippen LogP contribution in [0.1, 0.15) is 108 Å². The zero-order valence-corrected chi connectivity index (χ0v) is 26.2. The number of carbonyl (C=O) groups excluding carboxylic acids is 3. The maximum absolute atomic E-state index is 15.2. The molecule has 4 atom stereocenters. The first-order chi connectivity index (χ1) is 18.0. The number of rotatable bonds is 9. The topological polar surface area (TPSA) is 60.4 Å². The van der Waals surface area contributed by atoms with E-state index in [1.807, 2.05) is 53.7 Å². The molecule has 0 saturated heterocycles. The fraction of sp³-hybridized carbons (Fsp3) is 0.629. The number of ketones is 3. The normalized spacial score (nSPS) is 30.9. The van der Waals surface area contributed by atoms with Gasteiger partial charge in [0.1, 0.15) is 11.4 Å². The third kappa shape index (κ3) is 5.09. The summed E-state index contributed by atoms with van der Waals surface area (Å²) in [5.41, 5.74) is -0.417. The lowest BCUT2D eigenvalue weighted by molar-refractivity contribution is -0.182. The smallest absolute Gasteiger partial charge is 0.187 e. The number of carbonyl (C=O) groups is 3. The van der Waals surface area contributed by atoms with Gasteiger partial charge in [0.25, 0.3) is 0 Å². The Morgan fingerprint density at radius 2 is 1.56 bits per heavy atom. The molecule has 0 aromatic carbocycles. The van der Waals surface area contributed by atoms with Crippen molar-refractivity contribution in [3.63, 3.8) is 0 Å². The van der Waals surface area contributed by atoms with Gasteiger partial charge < -0.3 is 4.74 Å². The molecule has 0 amide bonds. The van der Waals surface area contributed by atoms with Crippen LogP contribution in [0.25, 0.3) is 0 Å². The first-order valence-electron chi connectivity index (χ1n) is 14.6. The molecule has 39 heavy (non-hydrogen) atoms. The highest BCUT2D eigenvalue weighted by atomic mass is 16.5. The molecule has 1 saturated carbocycles. The van der Waals surface area contributed by atoms with E-state index in [-0.39, 0.29) is 23.3 Å². The minimum absolute atomic E-state index is 0.0560. The Kier molecular flexibility index (Phi) is 8.61. The largest absolute Gasteiger partial charge is 0.486 e. The molecule has 0 radical (unpaired) electrons. The Labute approximate surface area is 236 Å². The highest BCUT2D eigenvalue weighted by Gasteiger charge is 2.76. The molecule has 0 aromatic rings. The number of fused-ring (bicyclic) bond motifs is 3. The summed E-state index contributed by atoms with van der Waals surface area (Å²) in [5.74, 6) is -0.888. The Balaban J connectivity index is 2.47. The van der Waals surface area contributed by atoms with Gasteiger partial charge in [-0.3, -0.25) is 14.4 Å². The van der Waals surface area contributed by atoms with Crippen LogP contribution in [0.4, 0.5) is 0 Å². The van der Waals surface area contributed by atoms with Crippen LogP contribution in [-0.4, -0.2) is 23.0 Å². The third-order valence-corrected chi connectivity index (χ3v) is 9.19. The van der Waals surface area contributed by atoms with E-state index < -0.39 is 27.8 Å². The summed E-state index contributed by atoms with van der Waals surface area (Å²) >= 11 is 0. The van der Waals surface area contributed by atoms with Crippen LogP contribution in [0, 0.1) is 28.1 Å². The molecule has 3 aliphatic rings. The van der Waals surface area contributed by atoms with Crippen LogP contribution in [0.2, 0.25) is 0 Å². The summed E-state index contributed by atoms with van der Waals surface area (Å²) in [6, 6.07) is 0. The molecule has 2 aliphatic carbocycles. The lowest BCUT2D eigenvalue weighted by Gasteiger charge is -2.62. The molecule has 4 nitrogen and oxygen atoms in total. The molecular weight excluding hydrogens is 484 g/mol. The van der Waals surface area contributed by atoms with Crippen LogP contribution in [0.5, 0.6) is 0 Å². The number of hydrogen-bond acceptors (Lipinski definition) is 4. The highest BCUT2D eigenvalue weighted by molar-refractivity contribution is 6.34. The summed E-state index contributed by atoms with van der Waals surface area (Å²) in [6.07, 6.45) is 13.2. The zero-order valence-electron chi connectivity index (χ0n) is 26.2. The quantitative estimate of drug-likeness (QED) is 0.220. The first-order valence-corrected chi connectivity index (χ1v) is 14.6. The van der Waals surface area contributed by atoms with E-state index in [2.05, 4.69) is 52.8 Å². The molecule has 0 aromatic heterocycles. The van der Waals surface area contributed by atoms with E-state index in [1.165, 1.54) is 11.1 Å². The van der Waals surface area contributed by atoms with Crippen molar-refractivity contribution in [2.75, 3.05) is 0 Å². The second-order valence-electron chi connectivity index (χ2n) is 13.9. The number of ether oxygens (including phenoxy) is 1. The maximum atomic E-state index is 15.2. The van der Waals surface area contributed by atoms with Crippen molar-refractivity contribution in [1.82, 2.24) is 0 Å². The maximum Gasteiger partial charge on any atom is 0.187 e. The standard InChI is InChI=1S/C35H50O4/c1-22(2)13-12-18-33(11)26(15-14-23(3)4)21-34(20-16-24(5)6)30-27(17-19-32(9,10)39-30)29(37)35(33,31(34)38)28(36)25(7)8/h13-14,16-17,19,25-26H,12,15,18,20-21H2,1-11H3/t26-,33+,34+,35-/m1/s1. The average molecular weight is 535 g/mol. The SMILES string of the molecule is CC(C)=CCC[C@@]1(C)[C@H](CC=C(C)C)C[C@]2(CC=C(C)C)C(=O)[C@@]1(C(=O)C(C)C)C(=O)C1=C2OC(C)(C)C=C1. The molecule has 1 aliphatic heterocycles. The highest BCUT2D eigenvalue weighted by Crippen LogP contribution is 2.68. The van der Waals surface area contributed by atoms with Gasteiger partial charge in [0.15, 0.2) is 22.8 Å². The van der Waals surface area contributed by atoms with Gasteiger partial charge in [-0.25, -0.2) is 0 Å². The van der Waals surface area contributed by atoms with Crippen molar-refractivity contribution in [3.8, 4) is 0 Å². The minimum Gasteiger partial charge on any atom is -0.486 e. The van der Waals surface area contributed by atoms with E-state index in [1.54, 1.807) is 0 Å². The van der Waals surface area contributed by atoms with Gasteiger partial charge >= 0.3 is 0 Å². The van der Waals surface area contributed by atoms with E-state index >= 15 is 4.79 Å². The summed E-state index contributed by atoms with van der Waals surface area (Å²) in [5, 5.41) is 0. The van der Waals surface area contributed by atoms with Crippen molar-refractivity contribution < 1.29 is 19.1 Å². The van der Waals surface area contributed by atoms with Crippen molar-refractivity contribution in [3.05, 3.63) is 58.4 Å². The fourth-order valence-electron chi connectivity index (χ4n) is 7.03. The second-order valence-corrected chi connectivity index (χ2v) is 13.9. The van der Waals surface area contributed by atoms with Gasteiger partial charge in [-0.1, -0.05) is 55.7 Å². The predicted molar refractivity (Wildman–Crippen MR) is 159 cm³/mol. The summed E-state index contributed by atoms with van der Waals surface area (Å²) < 4.78 is 6.57. The first kappa shape index (κ1) is 31.0. The van der Waals surface area contributed by atoms with E-state index in [9.17, 15) is 9.59 Å². The fourth-order valence-corrected chi connectivity index (χ4v) is 7.03. The van der Waals surface area contributed by atoms with Crippen LogP contribution >= 0.6 is 0 Å². The summed E-state index contributed by atoms with van der Waals surface area (Å²) in [6.45, 7) is 21.9. The average Bonchev–Trinajstić information content (AvgIpc) is 2.81. The van der Waals surface area contributed by atoms with E-state index in [0.29, 0.717) is 43.4 Å². The monoisotopic (exact) mass is 534 g/mol. The van der Waals surface area contributed by atoms with Crippen molar-refractivity contribution in [1.29, 1.82) is 0 Å². The predicted octanol–water partition coefficient (Wildman–Crippen LogP) is 8.44. The third-order valence-electron chi connectivity index (χ3n) is 9.19. The Bertz CT molecular complexity index is 1190. The Hall–Kier alpha value is -2.49. The Morgan fingerprint density at radius 3 is 2.10 bits per heavy atom. The lowest BCUT2D eigenvalue weighted by Crippen LogP contribution is -2.71. The van der Waals surface area contributed by atoms with Crippen LogP contribution in [0.3, 0.4) is 0 Å². The number of allylic oxidation sites excluding steroid dienone is 9. The van der Waals surface area contributed by atoms with Gasteiger partial charge in [0.05, 0.1) is 11.0 Å². The van der Waals surface area contributed by atoms with Crippen molar-refractivity contribution >= 4 is 17.3 Å². The van der Waals surface area contributed by atoms with Gasteiger partial charge in [0.2, 0.25) is 0 Å². The Morgan fingerprint density at radius 1 is 0.974 bits per heavy atom. The molecule has 0 N–H and O–H groups in total. The summed E-state index contributed by atoms with van der Waals surface area (Å²) in [4.78, 5) is 44.7. The van der Waals surface area contributed by atoms with Crippen molar-refractivity contribution in [2.24, 2.45) is 28.1 Å². The van der Waals surface area contributed by atoms with Gasteiger partial charge in [-0.05, 0) is 111 Å². The second kappa shape index (κ2) is 10.8. The van der Waals surface area contributed by atoms with Gasteiger partial charge in [-0.2, -0.15) is 0 Å². The molecule has 0 spiro atoms. The van der Waals surface area contributed by atoms with Crippen LogP contribution in [0.15, 0.2) is 58.4 Å². The molecule has 1 fully saturated rings. The number of Topliss-reactive ketones (excluding diaryl/α,β-unsaturated/α-hetero) is 3. The number of hydrogen-bond donors (Lipinski definition) is 0. The molecule has 3 rings (SSSR count). The summed E-state index contributed by atoms with van der Waals surface area (Å²) in [7, 11) is 0. The zero-order chi connectivity index (χ0) is 29.6. The van der Waals surface area contributed by atoms with Crippen LogP contribution < -0.4 is 0 Å². The van der Waals surface area contributed by atoms with Gasteiger partial charge in [0, 0.05) is 5.92 Å². The van der Waals surface area contributed by atoms with Gasteiger partial charge in [-0.15, -0.1) is 0 Å². The molecule has 1 heterocycles. The molecule has 4 heteroatoms. The lowest BCUT2D eigenvalue weighted by atomic mass is 9.38. The molecule has 0 unspecified atom stereocenters. The van der Waals surface area contributed by atoms with Crippen LogP contribution in [-0.2, 0) is 19.1 Å². The minimum atomic E-state index is -1.75. The van der Waals surface area contributed by atoms with E-state index in [0.717, 1.165) is 5.57 Å². The van der Waals surface area contributed by atoms with E-state index in [4.69, 9.17) is 4.74 Å². The molecular formula is C35H50O4. The molecule has 214 valence electrons.